The van der Waals surface area contributed by atoms with Gasteiger partial charge in [0.1, 0.15) is 5.56 Å². The number of ketones is 1. The van der Waals surface area contributed by atoms with E-state index in [1.54, 1.807) is 31.2 Å². The van der Waals surface area contributed by atoms with E-state index in [0.29, 0.717) is 10.6 Å². The van der Waals surface area contributed by atoms with Crippen LogP contribution in [0.1, 0.15) is 39.8 Å². The number of ether oxygens (including phenoxy) is 1. The van der Waals surface area contributed by atoms with Gasteiger partial charge in [-0.05, 0) is 30.5 Å². The number of Topliss-reactive ketones (excluding diaryl/α,β-unsaturated/α-hetero) is 1. The van der Waals surface area contributed by atoms with Crippen molar-refractivity contribution >= 4 is 34.8 Å². The van der Waals surface area contributed by atoms with Crippen molar-refractivity contribution < 1.29 is 19.1 Å². The lowest BCUT2D eigenvalue weighted by atomic mass is 10.2. The monoisotopic (exact) mass is 397 g/mol. The van der Waals surface area contributed by atoms with E-state index in [1.807, 2.05) is 23.6 Å². The number of nitrogens with zero attached hydrogens (tertiary/aromatic N) is 2. The van der Waals surface area contributed by atoms with Gasteiger partial charge in [0.2, 0.25) is 5.91 Å². The zero-order valence-electron chi connectivity index (χ0n) is 15.3. The highest BCUT2D eigenvalue weighted by Gasteiger charge is 2.22. The van der Waals surface area contributed by atoms with E-state index in [4.69, 9.17) is 4.74 Å². The summed E-state index contributed by atoms with van der Waals surface area (Å²) >= 11 is 1.34. The molecule has 3 aromatic rings. The van der Waals surface area contributed by atoms with Crippen LogP contribution in [0.3, 0.4) is 0 Å². The summed E-state index contributed by atoms with van der Waals surface area (Å²) in [6, 6.07) is 12.6. The molecule has 7 nitrogen and oxygen atoms in total. The van der Waals surface area contributed by atoms with Gasteiger partial charge in [0.05, 0.1) is 23.4 Å². The number of anilines is 1. The molecule has 0 saturated carbocycles. The summed E-state index contributed by atoms with van der Waals surface area (Å²) in [6.07, 6.45) is 1.44. The Bertz CT molecular complexity index is 965. The third kappa shape index (κ3) is 4.52. The molecule has 0 aliphatic carbocycles. The Morgan fingerprint density at radius 3 is 2.57 bits per heavy atom. The molecule has 0 aliphatic rings. The molecule has 2 aromatic heterocycles. The summed E-state index contributed by atoms with van der Waals surface area (Å²) in [5, 5.41) is 8.74. The van der Waals surface area contributed by atoms with Crippen LogP contribution in [0.2, 0.25) is 0 Å². The number of nitrogens with one attached hydrogen (secondary N) is 1. The van der Waals surface area contributed by atoms with Crippen molar-refractivity contribution in [3.8, 4) is 5.69 Å². The van der Waals surface area contributed by atoms with Gasteiger partial charge in [-0.1, -0.05) is 24.3 Å². The average Bonchev–Trinajstić information content (AvgIpc) is 3.37. The van der Waals surface area contributed by atoms with Gasteiger partial charge in [-0.15, -0.1) is 11.3 Å². The maximum Gasteiger partial charge on any atom is 0.343 e. The van der Waals surface area contributed by atoms with E-state index >= 15 is 0 Å². The number of carbonyl (C=O) groups is 3. The standard InChI is InChI=1S/C20H19N3O4S/c1-2-27-20(26)15-13-21-23(14-7-4-3-5-8-14)19(15)22-18(25)11-10-16(24)17-9-6-12-28-17/h3-9,12-13H,2,10-11H2,1H3,(H,22,25). The summed E-state index contributed by atoms with van der Waals surface area (Å²) in [4.78, 5) is 37.4. The van der Waals surface area contributed by atoms with Crippen LogP contribution in [0.5, 0.6) is 0 Å². The fraction of sp³-hybridized carbons (Fsp3) is 0.200. The molecule has 1 amide bonds. The van der Waals surface area contributed by atoms with E-state index in [2.05, 4.69) is 10.4 Å². The van der Waals surface area contributed by atoms with Gasteiger partial charge in [-0.25, -0.2) is 9.48 Å². The number of benzene rings is 1. The first-order chi connectivity index (χ1) is 13.6. The van der Waals surface area contributed by atoms with E-state index < -0.39 is 5.97 Å². The molecule has 2 heterocycles. The Kier molecular flexibility index (Phi) is 6.33. The molecule has 0 unspecified atom stereocenters. The van der Waals surface area contributed by atoms with Crippen molar-refractivity contribution in [2.24, 2.45) is 0 Å². The summed E-state index contributed by atoms with van der Waals surface area (Å²) in [5.74, 6) is -0.826. The Morgan fingerprint density at radius 1 is 1.11 bits per heavy atom. The third-order valence-corrected chi connectivity index (χ3v) is 4.81. The lowest BCUT2D eigenvalue weighted by Gasteiger charge is -2.11. The summed E-state index contributed by atoms with van der Waals surface area (Å²) in [6.45, 7) is 1.91. The molecule has 0 aliphatic heterocycles. The second-order valence-electron chi connectivity index (χ2n) is 5.82. The largest absolute Gasteiger partial charge is 0.462 e. The van der Waals surface area contributed by atoms with Crippen molar-refractivity contribution in [3.63, 3.8) is 0 Å². The van der Waals surface area contributed by atoms with Crippen LogP contribution in [-0.2, 0) is 9.53 Å². The number of para-hydroxylation sites is 1. The van der Waals surface area contributed by atoms with Gasteiger partial charge in [-0.3, -0.25) is 9.59 Å². The van der Waals surface area contributed by atoms with Crippen LogP contribution in [0.25, 0.3) is 5.69 Å². The second-order valence-corrected chi connectivity index (χ2v) is 6.77. The number of rotatable bonds is 8. The van der Waals surface area contributed by atoms with E-state index in [1.165, 1.54) is 22.2 Å². The van der Waals surface area contributed by atoms with Gasteiger partial charge in [0.15, 0.2) is 11.6 Å². The SMILES string of the molecule is CCOC(=O)c1cnn(-c2ccccc2)c1NC(=O)CCC(=O)c1cccs1. The summed E-state index contributed by atoms with van der Waals surface area (Å²) in [5.41, 5.74) is 0.839. The molecular formula is C20H19N3O4S. The zero-order chi connectivity index (χ0) is 19.9. The lowest BCUT2D eigenvalue weighted by molar-refractivity contribution is -0.116. The van der Waals surface area contributed by atoms with Crippen LogP contribution in [0.4, 0.5) is 5.82 Å². The van der Waals surface area contributed by atoms with Gasteiger partial charge in [-0.2, -0.15) is 5.10 Å². The number of esters is 1. The third-order valence-electron chi connectivity index (χ3n) is 3.90. The van der Waals surface area contributed by atoms with Gasteiger partial charge >= 0.3 is 5.97 Å². The molecule has 0 radical (unpaired) electrons. The summed E-state index contributed by atoms with van der Waals surface area (Å²) in [7, 11) is 0. The molecule has 0 atom stereocenters. The van der Waals surface area contributed by atoms with Crippen LogP contribution >= 0.6 is 11.3 Å². The highest BCUT2D eigenvalue weighted by Crippen LogP contribution is 2.22. The topological polar surface area (TPSA) is 90.3 Å². The summed E-state index contributed by atoms with van der Waals surface area (Å²) < 4.78 is 6.51. The molecule has 0 spiro atoms. The fourth-order valence-electron chi connectivity index (χ4n) is 2.57. The molecule has 28 heavy (non-hydrogen) atoms. The molecule has 1 aromatic carbocycles. The van der Waals surface area contributed by atoms with Crippen molar-refractivity contribution in [1.82, 2.24) is 9.78 Å². The van der Waals surface area contributed by atoms with Crippen molar-refractivity contribution in [2.75, 3.05) is 11.9 Å². The first-order valence-corrected chi connectivity index (χ1v) is 9.65. The lowest BCUT2D eigenvalue weighted by Crippen LogP contribution is -2.18. The smallest absolute Gasteiger partial charge is 0.343 e. The molecule has 0 bridgehead atoms. The highest BCUT2D eigenvalue weighted by atomic mass is 32.1. The Labute approximate surface area is 165 Å². The van der Waals surface area contributed by atoms with E-state index in [0.717, 1.165) is 0 Å². The average molecular weight is 397 g/mol. The predicted molar refractivity (Wildman–Crippen MR) is 106 cm³/mol. The van der Waals surface area contributed by atoms with Crippen molar-refractivity contribution in [3.05, 3.63) is 64.5 Å². The number of hydrogen-bond acceptors (Lipinski definition) is 6. The maximum absolute atomic E-state index is 12.4. The quantitative estimate of drug-likeness (QED) is 0.462. The normalized spacial score (nSPS) is 10.5. The molecule has 1 N–H and O–H groups in total. The van der Waals surface area contributed by atoms with E-state index in [-0.39, 0.29) is 42.5 Å². The minimum Gasteiger partial charge on any atom is -0.462 e. The van der Waals surface area contributed by atoms with Crippen LogP contribution in [0.15, 0.2) is 54.0 Å². The van der Waals surface area contributed by atoms with Gasteiger partial charge in [0, 0.05) is 12.8 Å². The number of aromatic nitrogens is 2. The van der Waals surface area contributed by atoms with Gasteiger partial charge < -0.3 is 10.1 Å². The van der Waals surface area contributed by atoms with Crippen LogP contribution in [-0.4, -0.2) is 34.0 Å². The zero-order valence-corrected chi connectivity index (χ0v) is 16.1. The first kappa shape index (κ1) is 19.5. The number of carbonyl (C=O) groups excluding carboxylic acids is 3. The number of hydrogen-bond donors (Lipinski definition) is 1. The van der Waals surface area contributed by atoms with Crippen molar-refractivity contribution in [2.45, 2.75) is 19.8 Å². The minimum absolute atomic E-state index is 0.00102. The van der Waals surface area contributed by atoms with Crippen LogP contribution in [0, 0.1) is 0 Å². The van der Waals surface area contributed by atoms with Crippen molar-refractivity contribution in [1.29, 1.82) is 0 Å². The minimum atomic E-state index is -0.574. The predicted octanol–water partition coefficient (Wildman–Crippen LogP) is 3.71. The Morgan fingerprint density at radius 2 is 1.89 bits per heavy atom. The molecule has 144 valence electrons. The number of amides is 1. The Balaban J connectivity index is 1.78. The fourth-order valence-corrected chi connectivity index (χ4v) is 3.27. The highest BCUT2D eigenvalue weighted by molar-refractivity contribution is 7.12. The Hall–Kier alpha value is -3.26. The molecule has 0 fully saturated rings. The van der Waals surface area contributed by atoms with Gasteiger partial charge in [0.25, 0.3) is 0 Å². The maximum atomic E-state index is 12.4. The molecular weight excluding hydrogens is 378 g/mol. The second kappa shape index (κ2) is 9.09. The van der Waals surface area contributed by atoms with Crippen LogP contribution < -0.4 is 5.32 Å². The van der Waals surface area contributed by atoms with E-state index in [9.17, 15) is 14.4 Å². The molecule has 8 heteroatoms. The molecule has 3 rings (SSSR count). The first-order valence-electron chi connectivity index (χ1n) is 8.77. The number of thiophene rings is 1. The molecule has 0 saturated heterocycles.